The number of aromatic nitrogens is 1. The van der Waals surface area contributed by atoms with Gasteiger partial charge in [-0.2, -0.15) is 4.31 Å². The molecular weight excluding hydrogens is 462 g/mol. The number of rotatable bonds is 10. The third-order valence-corrected chi connectivity index (χ3v) is 8.09. The number of sulfonamides is 1. The first kappa shape index (κ1) is 23.5. The number of hydrogen-bond donors (Lipinski definition) is 1. The average molecular weight is 490 g/mol. The highest BCUT2D eigenvalue weighted by atomic mass is 32.2. The number of nitrogens with zero attached hydrogens (tertiary/aromatic N) is 2. The fourth-order valence-corrected chi connectivity index (χ4v) is 6.18. The van der Waals surface area contributed by atoms with Gasteiger partial charge >= 0.3 is 0 Å². The molecule has 33 heavy (non-hydrogen) atoms. The van der Waals surface area contributed by atoms with Crippen molar-refractivity contribution in [1.82, 2.24) is 9.29 Å². The Labute approximate surface area is 197 Å². The molecule has 176 valence electrons. The van der Waals surface area contributed by atoms with Crippen LogP contribution in [0.3, 0.4) is 0 Å². The number of anilines is 1. The van der Waals surface area contributed by atoms with Crippen LogP contribution in [0.4, 0.5) is 5.13 Å². The molecule has 0 atom stereocenters. The molecule has 0 radical (unpaired) electrons. The van der Waals surface area contributed by atoms with Gasteiger partial charge in [0.2, 0.25) is 15.9 Å². The maximum absolute atomic E-state index is 12.8. The Balaban J connectivity index is 1.32. The minimum Gasteiger partial charge on any atom is -0.490 e. The molecule has 3 aromatic rings. The maximum atomic E-state index is 12.8. The summed E-state index contributed by atoms with van der Waals surface area (Å²) in [6, 6.07) is 12.4. The number of benzene rings is 2. The van der Waals surface area contributed by atoms with E-state index in [4.69, 9.17) is 9.47 Å². The standard InChI is InChI=1S/C23H27N3O5S2/c1-2-30-19-8-3-4-9-20(19)31-15-7-10-22(27)25-23-24-18-12-11-17(16-21(18)32-23)33(28,29)26-13-5-6-14-26/h3-4,8-9,11-12,16H,2,5-7,10,13-15H2,1H3,(H,24,25,27). The van der Waals surface area contributed by atoms with Gasteiger partial charge in [0.05, 0.1) is 28.3 Å². The van der Waals surface area contributed by atoms with Gasteiger partial charge in [-0.15, -0.1) is 0 Å². The quantitative estimate of drug-likeness (QED) is 0.427. The van der Waals surface area contributed by atoms with E-state index >= 15 is 0 Å². The lowest BCUT2D eigenvalue weighted by molar-refractivity contribution is -0.116. The van der Waals surface area contributed by atoms with E-state index in [-0.39, 0.29) is 17.2 Å². The van der Waals surface area contributed by atoms with Crippen molar-refractivity contribution in [2.24, 2.45) is 0 Å². The van der Waals surface area contributed by atoms with E-state index in [1.54, 1.807) is 18.2 Å². The second-order valence-corrected chi connectivity index (χ2v) is 10.6. The molecule has 0 unspecified atom stereocenters. The molecule has 0 saturated carbocycles. The summed E-state index contributed by atoms with van der Waals surface area (Å²) in [6.45, 7) is 3.97. The van der Waals surface area contributed by atoms with Crippen LogP contribution < -0.4 is 14.8 Å². The van der Waals surface area contributed by atoms with Crippen molar-refractivity contribution in [3.05, 3.63) is 42.5 Å². The number of amides is 1. The van der Waals surface area contributed by atoms with Gasteiger partial charge in [0, 0.05) is 19.5 Å². The molecule has 1 aromatic heterocycles. The first-order valence-corrected chi connectivity index (χ1v) is 13.3. The van der Waals surface area contributed by atoms with Crippen LogP contribution in [0.2, 0.25) is 0 Å². The first-order valence-electron chi connectivity index (χ1n) is 11.0. The van der Waals surface area contributed by atoms with Gasteiger partial charge in [-0.3, -0.25) is 4.79 Å². The van der Waals surface area contributed by atoms with Gasteiger partial charge in [-0.05, 0) is 56.5 Å². The van der Waals surface area contributed by atoms with Gasteiger partial charge in [0.25, 0.3) is 0 Å². The highest BCUT2D eigenvalue weighted by Gasteiger charge is 2.27. The predicted octanol–water partition coefficient (Wildman–Crippen LogP) is 4.28. The van der Waals surface area contributed by atoms with Crippen LogP contribution in [0.15, 0.2) is 47.4 Å². The van der Waals surface area contributed by atoms with E-state index in [1.807, 2.05) is 31.2 Å². The Morgan fingerprint density at radius 1 is 1.12 bits per heavy atom. The summed E-state index contributed by atoms with van der Waals surface area (Å²) in [5.74, 6) is 1.18. The Kier molecular flexibility index (Phi) is 7.46. The van der Waals surface area contributed by atoms with Crippen LogP contribution in [0, 0.1) is 0 Å². The van der Waals surface area contributed by atoms with Crippen LogP contribution in [-0.2, 0) is 14.8 Å². The third-order valence-electron chi connectivity index (χ3n) is 5.26. The highest BCUT2D eigenvalue weighted by Crippen LogP contribution is 2.30. The zero-order valence-corrected chi connectivity index (χ0v) is 20.1. The van der Waals surface area contributed by atoms with Crippen molar-refractivity contribution < 1.29 is 22.7 Å². The number of carbonyl (C=O) groups is 1. The first-order chi connectivity index (χ1) is 16.0. The van der Waals surface area contributed by atoms with Gasteiger partial charge in [0.15, 0.2) is 16.6 Å². The van der Waals surface area contributed by atoms with Crippen LogP contribution in [0.1, 0.15) is 32.6 Å². The Hall–Kier alpha value is -2.69. The van der Waals surface area contributed by atoms with Gasteiger partial charge in [-0.25, -0.2) is 13.4 Å². The van der Waals surface area contributed by atoms with Crippen molar-refractivity contribution >= 4 is 42.6 Å². The summed E-state index contributed by atoms with van der Waals surface area (Å²) in [7, 11) is -3.49. The molecule has 2 heterocycles. The minimum absolute atomic E-state index is 0.166. The zero-order valence-electron chi connectivity index (χ0n) is 18.5. The summed E-state index contributed by atoms with van der Waals surface area (Å²) < 4.78 is 39.1. The summed E-state index contributed by atoms with van der Waals surface area (Å²) in [5.41, 5.74) is 0.659. The van der Waals surface area contributed by atoms with E-state index < -0.39 is 10.0 Å². The topological polar surface area (TPSA) is 97.8 Å². The van der Waals surface area contributed by atoms with Crippen molar-refractivity contribution in [2.45, 2.75) is 37.5 Å². The predicted molar refractivity (Wildman–Crippen MR) is 129 cm³/mol. The van der Waals surface area contributed by atoms with E-state index in [0.29, 0.717) is 54.9 Å². The molecule has 1 saturated heterocycles. The normalized spacial score (nSPS) is 14.5. The molecule has 1 fully saturated rings. The van der Waals surface area contributed by atoms with Crippen molar-refractivity contribution in [2.75, 3.05) is 31.6 Å². The van der Waals surface area contributed by atoms with Gasteiger partial charge < -0.3 is 14.8 Å². The molecule has 1 N–H and O–H groups in total. The molecule has 8 nitrogen and oxygen atoms in total. The summed E-state index contributed by atoms with van der Waals surface area (Å²) in [5, 5.41) is 3.26. The molecule has 0 bridgehead atoms. The lowest BCUT2D eigenvalue weighted by Gasteiger charge is -2.15. The van der Waals surface area contributed by atoms with Crippen molar-refractivity contribution in [3.63, 3.8) is 0 Å². The van der Waals surface area contributed by atoms with Crippen LogP contribution in [0.25, 0.3) is 10.2 Å². The molecule has 1 amide bonds. The Morgan fingerprint density at radius 3 is 2.58 bits per heavy atom. The summed E-state index contributed by atoms with van der Waals surface area (Å²) in [4.78, 5) is 17.0. The second kappa shape index (κ2) is 10.5. The third kappa shape index (κ3) is 5.63. The largest absolute Gasteiger partial charge is 0.490 e. The van der Waals surface area contributed by atoms with E-state index in [0.717, 1.165) is 17.5 Å². The Morgan fingerprint density at radius 2 is 1.85 bits per heavy atom. The molecule has 4 rings (SSSR count). The number of nitrogens with one attached hydrogen (secondary N) is 1. The van der Waals surface area contributed by atoms with E-state index in [2.05, 4.69) is 10.3 Å². The minimum atomic E-state index is -3.49. The van der Waals surface area contributed by atoms with Gasteiger partial charge in [0.1, 0.15) is 0 Å². The second-order valence-electron chi connectivity index (χ2n) is 7.64. The van der Waals surface area contributed by atoms with Crippen LogP contribution in [0.5, 0.6) is 11.5 Å². The molecule has 0 aliphatic carbocycles. The van der Waals surface area contributed by atoms with Crippen molar-refractivity contribution in [1.29, 1.82) is 0 Å². The smallest absolute Gasteiger partial charge is 0.243 e. The zero-order chi connectivity index (χ0) is 23.3. The van der Waals surface area contributed by atoms with Gasteiger partial charge in [-0.1, -0.05) is 23.5 Å². The monoisotopic (exact) mass is 489 g/mol. The lowest BCUT2D eigenvalue weighted by atomic mass is 10.3. The summed E-state index contributed by atoms with van der Waals surface area (Å²) >= 11 is 1.27. The van der Waals surface area contributed by atoms with E-state index in [1.165, 1.54) is 15.6 Å². The fourth-order valence-electron chi connectivity index (χ4n) is 3.64. The molecule has 1 aliphatic rings. The Bertz CT molecular complexity index is 1220. The number of hydrogen-bond acceptors (Lipinski definition) is 7. The molecule has 10 heteroatoms. The van der Waals surface area contributed by atoms with E-state index in [9.17, 15) is 13.2 Å². The van der Waals surface area contributed by atoms with Crippen LogP contribution >= 0.6 is 11.3 Å². The molecule has 0 spiro atoms. The van der Waals surface area contributed by atoms with Crippen molar-refractivity contribution in [3.8, 4) is 11.5 Å². The number of fused-ring (bicyclic) bond motifs is 1. The fraction of sp³-hybridized carbons (Fsp3) is 0.391. The number of carbonyl (C=O) groups excluding carboxylic acids is 1. The number of ether oxygens (including phenoxy) is 2. The SMILES string of the molecule is CCOc1ccccc1OCCCC(=O)Nc1nc2ccc(S(=O)(=O)N3CCCC3)cc2s1. The van der Waals surface area contributed by atoms with Crippen LogP contribution in [-0.4, -0.2) is 49.9 Å². The summed E-state index contributed by atoms with van der Waals surface area (Å²) in [6.07, 6.45) is 2.60. The average Bonchev–Trinajstić information content (AvgIpc) is 3.47. The maximum Gasteiger partial charge on any atom is 0.243 e. The molecule has 2 aromatic carbocycles. The lowest BCUT2D eigenvalue weighted by Crippen LogP contribution is -2.27. The molecule has 1 aliphatic heterocycles. The number of thiazole rings is 1. The number of para-hydroxylation sites is 2. The molecular formula is C23H27N3O5S2. The highest BCUT2D eigenvalue weighted by molar-refractivity contribution is 7.89.